The number of carbonyl (C=O) groups excluding carboxylic acids is 2. The van der Waals surface area contributed by atoms with Gasteiger partial charge in [0, 0.05) is 35.8 Å². The van der Waals surface area contributed by atoms with Crippen molar-refractivity contribution in [3.05, 3.63) is 83.2 Å². The summed E-state index contributed by atoms with van der Waals surface area (Å²) in [5, 5.41) is 4.48. The van der Waals surface area contributed by atoms with E-state index >= 15 is 0 Å². The zero-order valence-corrected chi connectivity index (χ0v) is 16.8. The van der Waals surface area contributed by atoms with Gasteiger partial charge in [-0.2, -0.15) is 5.10 Å². The molecule has 148 valence electrons. The van der Waals surface area contributed by atoms with Gasteiger partial charge in [-0.15, -0.1) is 0 Å². The molecule has 5 nitrogen and oxygen atoms in total. The fourth-order valence-electron chi connectivity index (χ4n) is 4.00. The monoisotopic (exact) mass is 387 g/mol. The molecule has 0 atom stereocenters. The highest BCUT2D eigenvalue weighted by molar-refractivity contribution is 5.98. The lowest BCUT2D eigenvalue weighted by Crippen LogP contribution is -2.40. The third-order valence-corrected chi connectivity index (χ3v) is 5.58. The van der Waals surface area contributed by atoms with Crippen molar-refractivity contribution in [3.8, 4) is 5.69 Å². The van der Waals surface area contributed by atoms with Crippen molar-refractivity contribution in [3.63, 3.8) is 0 Å². The van der Waals surface area contributed by atoms with Gasteiger partial charge in [0.25, 0.3) is 5.91 Å². The van der Waals surface area contributed by atoms with E-state index in [9.17, 15) is 9.59 Å². The molecule has 1 saturated heterocycles. The van der Waals surface area contributed by atoms with Crippen molar-refractivity contribution in [1.29, 1.82) is 0 Å². The Morgan fingerprint density at radius 3 is 2.14 bits per heavy atom. The second-order valence-electron chi connectivity index (χ2n) is 7.68. The summed E-state index contributed by atoms with van der Waals surface area (Å²) in [4.78, 5) is 27.4. The van der Waals surface area contributed by atoms with Crippen molar-refractivity contribution >= 4 is 11.7 Å². The summed E-state index contributed by atoms with van der Waals surface area (Å²) in [5.74, 6) is 0.206. The molecule has 0 bridgehead atoms. The number of hydrogen-bond donors (Lipinski definition) is 0. The highest BCUT2D eigenvalue weighted by Gasteiger charge is 2.28. The highest BCUT2D eigenvalue weighted by atomic mass is 16.2. The Morgan fingerprint density at radius 2 is 1.55 bits per heavy atom. The van der Waals surface area contributed by atoms with Crippen LogP contribution < -0.4 is 0 Å². The first kappa shape index (κ1) is 19.1. The highest BCUT2D eigenvalue weighted by Crippen LogP contribution is 2.23. The molecule has 4 rings (SSSR count). The van der Waals surface area contributed by atoms with E-state index in [2.05, 4.69) is 5.10 Å². The molecule has 1 aliphatic heterocycles. The van der Waals surface area contributed by atoms with Crippen molar-refractivity contribution in [1.82, 2.24) is 14.7 Å². The van der Waals surface area contributed by atoms with Crippen LogP contribution in [0.2, 0.25) is 0 Å². The van der Waals surface area contributed by atoms with E-state index in [-0.39, 0.29) is 17.6 Å². The van der Waals surface area contributed by atoms with E-state index in [1.54, 1.807) is 0 Å². The molecule has 2 heterocycles. The number of piperidine rings is 1. The Labute approximate surface area is 171 Å². The van der Waals surface area contributed by atoms with E-state index in [4.69, 9.17) is 0 Å². The number of benzene rings is 2. The number of hydrogen-bond acceptors (Lipinski definition) is 3. The van der Waals surface area contributed by atoms with Crippen LogP contribution >= 0.6 is 0 Å². The first-order valence-electron chi connectivity index (χ1n) is 10.0. The summed E-state index contributed by atoms with van der Waals surface area (Å²) in [6.07, 6.45) is 1.42. The molecular formula is C24H25N3O2. The van der Waals surface area contributed by atoms with Gasteiger partial charge in [0.2, 0.25) is 0 Å². The lowest BCUT2D eigenvalue weighted by Gasteiger charge is -2.31. The maximum absolute atomic E-state index is 12.9. The van der Waals surface area contributed by atoms with Crippen molar-refractivity contribution in [2.45, 2.75) is 26.7 Å². The maximum atomic E-state index is 12.9. The van der Waals surface area contributed by atoms with Crippen LogP contribution in [0, 0.1) is 19.8 Å². The topological polar surface area (TPSA) is 55.2 Å². The van der Waals surface area contributed by atoms with Gasteiger partial charge in [0.1, 0.15) is 0 Å². The SMILES string of the molecule is Cc1cc(C)n(-c2ccc(C(=O)N3CCC(C(=O)c4ccccc4)CC3)cc2)n1. The minimum atomic E-state index is -0.00476. The summed E-state index contributed by atoms with van der Waals surface area (Å²) in [7, 11) is 0. The Morgan fingerprint density at radius 1 is 0.897 bits per heavy atom. The Kier molecular flexibility index (Phi) is 5.30. The van der Waals surface area contributed by atoms with Gasteiger partial charge in [-0.1, -0.05) is 30.3 Å². The molecule has 0 saturated carbocycles. The molecule has 1 aliphatic rings. The number of rotatable bonds is 4. The Balaban J connectivity index is 1.39. The standard InChI is InChI=1S/C24H25N3O2/c1-17-16-18(2)27(25-17)22-10-8-21(9-11-22)24(29)26-14-12-20(13-15-26)23(28)19-6-4-3-5-7-19/h3-11,16,20H,12-15H2,1-2H3. The summed E-state index contributed by atoms with van der Waals surface area (Å²) in [6, 6.07) is 19.0. The predicted octanol–water partition coefficient (Wildman–Crippen LogP) is 4.22. The maximum Gasteiger partial charge on any atom is 0.253 e. The quantitative estimate of drug-likeness (QED) is 0.630. The fraction of sp³-hybridized carbons (Fsp3) is 0.292. The average Bonchev–Trinajstić information content (AvgIpc) is 3.11. The van der Waals surface area contributed by atoms with Gasteiger partial charge in [0.15, 0.2) is 5.78 Å². The predicted molar refractivity (Wildman–Crippen MR) is 112 cm³/mol. The van der Waals surface area contributed by atoms with Crippen LogP contribution in [-0.4, -0.2) is 39.5 Å². The number of ketones is 1. The van der Waals surface area contributed by atoms with E-state index in [0.717, 1.165) is 22.6 Å². The summed E-state index contributed by atoms with van der Waals surface area (Å²) in [6.45, 7) is 5.20. The summed E-state index contributed by atoms with van der Waals surface area (Å²) >= 11 is 0. The van der Waals surface area contributed by atoms with E-state index in [0.29, 0.717) is 31.5 Å². The van der Waals surface area contributed by atoms with Crippen LogP contribution in [0.25, 0.3) is 5.69 Å². The number of aromatic nitrogens is 2. The molecule has 2 aromatic carbocycles. The van der Waals surface area contributed by atoms with Crippen molar-refractivity contribution in [2.24, 2.45) is 5.92 Å². The molecule has 29 heavy (non-hydrogen) atoms. The first-order chi connectivity index (χ1) is 14.0. The molecule has 1 amide bonds. The van der Waals surface area contributed by atoms with Crippen LogP contribution in [0.5, 0.6) is 0 Å². The number of carbonyl (C=O) groups is 2. The zero-order valence-electron chi connectivity index (χ0n) is 16.8. The first-order valence-corrected chi connectivity index (χ1v) is 10.0. The van der Waals surface area contributed by atoms with Gasteiger partial charge in [-0.05, 0) is 57.0 Å². The number of likely N-dealkylation sites (tertiary alicyclic amines) is 1. The van der Waals surface area contributed by atoms with Crippen molar-refractivity contribution in [2.75, 3.05) is 13.1 Å². The molecule has 0 unspecified atom stereocenters. The Hall–Kier alpha value is -3.21. The Bertz CT molecular complexity index is 1010. The number of nitrogens with zero attached hydrogens (tertiary/aromatic N) is 3. The molecule has 0 radical (unpaired) electrons. The number of amides is 1. The summed E-state index contributed by atoms with van der Waals surface area (Å²) < 4.78 is 1.88. The van der Waals surface area contributed by atoms with E-state index < -0.39 is 0 Å². The lowest BCUT2D eigenvalue weighted by atomic mass is 9.88. The van der Waals surface area contributed by atoms with E-state index in [1.807, 2.05) is 84.1 Å². The van der Waals surface area contributed by atoms with Gasteiger partial charge in [-0.3, -0.25) is 9.59 Å². The van der Waals surface area contributed by atoms with Crippen LogP contribution in [0.15, 0.2) is 60.7 Å². The zero-order chi connectivity index (χ0) is 20.4. The minimum absolute atomic E-state index is 0.00476. The second kappa shape index (κ2) is 8.03. The van der Waals surface area contributed by atoms with Gasteiger partial charge in [0.05, 0.1) is 11.4 Å². The van der Waals surface area contributed by atoms with Gasteiger partial charge in [-0.25, -0.2) is 4.68 Å². The minimum Gasteiger partial charge on any atom is -0.339 e. The average molecular weight is 387 g/mol. The van der Waals surface area contributed by atoms with E-state index in [1.165, 1.54) is 0 Å². The molecule has 3 aromatic rings. The second-order valence-corrected chi connectivity index (χ2v) is 7.68. The number of Topliss-reactive ketones (excluding diaryl/α,β-unsaturated/α-hetero) is 1. The largest absolute Gasteiger partial charge is 0.339 e. The van der Waals surface area contributed by atoms with Gasteiger partial charge >= 0.3 is 0 Å². The molecule has 0 N–H and O–H groups in total. The smallest absolute Gasteiger partial charge is 0.253 e. The third-order valence-electron chi connectivity index (χ3n) is 5.58. The lowest BCUT2D eigenvalue weighted by molar-refractivity contribution is 0.0650. The normalized spacial score (nSPS) is 14.8. The summed E-state index contributed by atoms with van der Waals surface area (Å²) in [5.41, 5.74) is 4.40. The molecule has 1 fully saturated rings. The molecule has 5 heteroatoms. The van der Waals surface area contributed by atoms with Gasteiger partial charge < -0.3 is 4.90 Å². The third kappa shape index (κ3) is 3.99. The van der Waals surface area contributed by atoms with Crippen molar-refractivity contribution < 1.29 is 9.59 Å². The molecule has 1 aromatic heterocycles. The van der Waals surface area contributed by atoms with Crippen LogP contribution in [0.4, 0.5) is 0 Å². The van der Waals surface area contributed by atoms with Crippen LogP contribution in [-0.2, 0) is 0 Å². The van der Waals surface area contributed by atoms with Crippen LogP contribution in [0.3, 0.4) is 0 Å². The molecular weight excluding hydrogens is 362 g/mol. The molecule has 0 aliphatic carbocycles. The van der Waals surface area contributed by atoms with Crippen LogP contribution in [0.1, 0.15) is 44.9 Å². The molecule has 0 spiro atoms. The number of aryl methyl sites for hydroxylation is 2. The fourth-order valence-corrected chi connectivity index (χ4v) is 4.00.